The molecule has 0 fully saturated rings. The van der Waals surface area contributed by atoms with Crippen molar-refractivity contribution in [3.8, 4) is 50.9 Å². The lowest BCUT2D eigenvalue weighted by atomic mass is 9.50. The lowest BCUT2D eigenvalue weighted by Crippen LogP contribution is -2.53. The monoisotopic (exact) mass is 676 g/mol. The molecule has 0 radical (unpaired) electrons. The summed E-state index contributed by atoms with van der Waals surface area (Å²) in [6.45, 7) is -0.299. The predicted octanol–water partition coefficient (Wildman–Crippen LogP) is 10.8. The van der Waals surface area contributed by atoms with E-state index in [-0.39, 0.29) is 6.92 Å². The van der Waals surface area contributed by atoms with E-state index in [0.717, 1.165) is 72.8 Å². The molecule has 0 amide bonds. The molecule has 0 atom stereocenters. The largest absolute Gasteiger partial charge is 0.551 e. The maximum Gasteiger partial charge on any atom is 0.434 e. The SMILES string of the molecule is c1ccc2c(c1)OB1c3ccc(-c4ccccc4-n4c5ccccc5c5ccccc54)cc3Oc3cc(-n4c5ccccc5c5ccccc54)cc-2c31. The molecule has 0 N–H and O–H groups in total. The van der Waals surface area contributed by atoms with E-state index >= 15 is 0 Å². The van der Waals surface area contributed by atoms with Crippen molar-refractivity contribution in [3.63, 3.8) is 0 Å². The number of para-hydroxylation sites is 6. The van der Waals surface area contributed by atoms with Crippen LogP contribution < -0.4 is 20.3 Å². The van der Waals surface area contributed by atoms with E-state index in [0.29, 0.717) is 0 Å². The lowest BCUT2D eigenvalue weighted by molar-refractivity contribution is 0.479. The summed E-state index contributed by atoms with van der Waals surface area (Å²) in [4.78, 5) is 0. The first-order valence-corrected chi connectivity index (χ1v) is 18.1. The maximum absolute atomic E-state index is 7.04. The van der Waals surface area contributed by atoms with Gasteiger partial charge in [-0.05, 0) is 59.7 Å². The summed E-state index contributed by atoms with van der Waals surface area (Å²) in [5.74, 6) is 2.50. The van der Waals surface area contributed by atoms with Gasteiger partial charge in [0.05, 0.1) is 33.4 Å². The molecule has 10 aromatic rings. The molecule has 0 saturated heterocycles. The molecular weight excluding hydrogens is 647 g/mol. The van der Waals surface area contributed by atoms with E-state index in [9.17, 15) is 0 Å². The highest BCUT2D eigenvalue weighted by Gasteiger charge is 2.41. The summed E-state index contributed by atoms with van der Waals surface area (Å²) in [7, 11) is 0. The third-order valence-electron chi connectivity index (χ3n) is 11.2. The van der Waals surface area contributed by atoms with Crippen LogP contribution in [0.4, 0.5) is 0 Å². The second kappa shape index (κ2) is 10.8. The number of aromatic nitrogens is 2. The van der Waals surface area contributed by atoms with Crippen LogP contribution >= 0.6 is 0 Å². The Labute approximate surface area is 305 Å². The Kier molecular flexibility index (Phi) is 5.83. The summed E-state index contributed by atoms with van der Waals surface area (Å²) in [6, 6.07) is 62.8. The third-order valence-corrected chi connectivity index (χ3v) is 11.2. The smallest absolute Gasteiger partial charge is 0.434 e. The first-order valence-electron chi connectivity index (χ1n) is 18.1. The van der Waals surface area contributed by atoms with Crippen LogP contribution in [0, 0.1) is 0 Å². The van der Waals surface area contributed by atoms with E-state index in [1.807, 2.05) is 0 Å². The molecule has 2 aliphatic heterocycles. The molecule has 2 aliphatic rings. The van der Waals surface area contributed by atoms with Crippen molar-refractivity contribution in [1.82, 2.24) is 9.13 Å². The average Bonchev–Trinajstić information content (AvgIpc) is 3.74. The minimum absolute atomic E-state index is 0.299. The van der Waals surface area contributed by atoms with Crippen LogP contribution in [0.3, 0.4) is 0 Å². The van der Waals surface area contributed by atoms with Crippen molar-refractivity contribution in [3.05, 3.63) is 176 Å². The molecule has 2 aromatic heterocycles. The van der Waals surface area contributed by atoms with Gasteiger partial charge in [-0.3, -0.25) is 0 Å². The maximum atomic E-state index is 7.04. The van der Waals surface area contributed by atoms with Crippen LogP contribution in [0.15, 0.2) is 176 Å². The number of benzene rings is 8. The summed E-state index contributed by atoms with van der Waals surface area (Å²) >= 11 is 0. The molecule has 4 nitrogen and oxygen atoms in total. The van der Waals surface area contributed by atoms with Gasteiger partial charge in [-0.1, -0.05) is 121 Å². The zero-order valence-electron chi connectivity index (χ0n) is 28.5. The fourth-order valence-corrected chi connectivity index (χ4v) is 8.94. The van der Waals surface area contributed by atoms with E-state index in [4.69, 9.17) is 9.39 Å². The minimum Gasteiger partial charge on any atom is -0.551 e. The van der Waals surface area contributed by atoms with Crippen LogP contribution in [0.2, 0.25) is 0 Å². The quantitative estimate of drug-likeness (QED) is 0.174. The minimum atomic E-state index is -0.299. The van der Waals surface area contributed by atoms with Gasteiger partial charge in [-0.25, -0.2) is 0 Å². The Morgan fingerprint density at radius 2 is 0.943 bits per heavy atom. The predicted molar refractivity (Wildman–Crippen MR) is 218 cm³/mol. The van der Waals surface area contributed by atoms with Crippen LogP contribution in [0.25, 0.3) is 77.2 Å². The molecule has 0 bridgehead atoms. The van der Waals surface area contributed by atoms with Crippen LogP contribution in [-0.2, 0) is 0 Å². The van der Waals surface area contributed by atoms with Crippen molar-refractivity contribution in [2.24, 2.45) is 0 Å². The van der Waals surface area contributed by atoms with Crippen molar-refractivity contribution >= 4 is 61.5 Å². The van der Waals surface area contributed by atoms with Crippen LogP contribution in [-0.4, -0.2) is 16.0 Å². The molecule has 4 heterocycles. The van der Waals surface area contributed by atoms with Crippen molar-refractivity contribution < 1.29 is 9.39 Å². The molecule has 5 heteroatoms. The van der Waals surface area contributed by atoms with Gasteiger partial charge < -0.3 is 18.5 Å². The fraction of sp³-hybridized carbons (Fsp3) is 0. The highest BCUT2D eigenvalue weighted by atomic mass is 16.5. The van der Waals surface area contributed by atoms with E-state index in [1.165, 1.54) is 32.6 Å². The molecule has 0 aliphatic carbocycles. The van der Waals surface area contributed by atoms with Crippen LogP contribution in [0.1, 0.15) is 0 Å². The zero-order chi connectivity index (χ0) is 34.6. The van der Waals surface area contributed by atoms with Gasteiger partial charge in [0.1, 0.15) is 17.2 Å². The molecular formula is C48H29BN2O2. The second-order valence-electron chi connectivity index (χ2n) is 14.0. The van der Waals surface area contributed by atoms with Crippen molar-refractivity contribution in [2.75, 3.05) is 0 Å². The Morgan fingerprint density at radius 3 is 1.60 bits per heavy atom. The first kappa shape index (κ1) is 28.7. The zero-order valence-corrected chi connectivity index (χ0v) is 28.5. The first-order chi connectivity index (χ1) is 26.3. The number of ether oxygens (including phenoxy) is 1. The van der Waals surface area contributed by atoms with Gasteiger partial charge in [0.2, 0.25) is 0 Å². The molecule has 0 saturated carbocycles. The lowest BCUT2D eigenvalue weighted by Gasteiger charge is -2.33. The Morgan fingerprint density at radius 1 is 0.396 bits per heavy atom. The molecule has 53 heavy (non-hydrogen) atoms. The molecule has 0 spiro atoms. The summed E-state index contributed by atoms with van der Waals surface area (Å²) in [6.07, 6.45) is 0. The van der Waals surface area contributed by atoms with Gasteiger partial charge in [-0.2, -0.15) is 0 Å². The van der Waals surface area contributed by atoms with E-state index in [2.05, 4.69) is 185 Å². The number of hydrogen-bond donors (Lipinski definition) is 0. The summed E-state index contributed by atoms with van der Waals surface area (Å²) in [5.41, 5.74) is 13.4. The van der Waals surface area contributed by atoms with Crippen molar-refractivity contribution in [2.45, 2.75) is 0 Å². The number of nitrogens with zero attached hydrogens (tertiary/aromatic N) is 2. The van der Waals surface area contributed by atoms with Gasteiger partial charge in [-0.15, -0.1) is 0 Å². The topological polar surface area (TPSA) is 28.3 Å². The third kappa shape index (κ3) is 4.02. The van der Waals surface area contributed by atoms with Crippen LogP contribution in [0.5, 0.6) is 17.2 Å². The molecule has 246 valence electrons. The summed E-state index contributed by atoms with van der Waals surface area (Å²) < 4.78 is 18.7. The van der Waals surface area contributed by atoms with Gasteiger partial charge in [0, 0.05) is 49.7 Å². The highest BCUT2D eigenvalue weighted by Crippen LogP contribution is 2.43. The Bertz CT molecular complexity index is 3050. The second-order valence-corrected chi connectivity index (χ2v) is 14.0. The van der Waals surface area contributed by atoms with E-state index < -0.39 is 0 Å². The molecule has 0 unspecified atom stereocenters. The number of rotatable bonds is 3. The highest BCUT2D eigenvalue weighted by molar-refractivity contribution is 6.84. The van der Waals surface area contributed by atoms with E-state index in [1.54, 1.807) is 0 Å². The van der Waals surface area contributed by atoms with Gasteiger partial charge in [0.15, 0.2) is 0 Å². The number of hydrogen-bond acceptors (Lipinski definition) is 2. The summed E-state index contributed by atoms with van der Waals surface area (Å²) in [5, 5.41) is 4.95. The number of fused-ring (bicyclic) bond motifs is 10. The molecule has 12 rings (SSSR count). The normalized spacial score (nSPS) is 12.8. The standard InChI is InChI=1S/C48H29BN2O2/c1-7-19-40(51-43-22-10-4-16-35(43)36-17-5-11-23-44(36)51)32(13-1)30-25-26-39-46(27-30)52-47-29-31(28-38-37-18-6-12-24-45(37)53-49(39)48(38)47)50-41-20-8-2-14-33(41)34-15-3-9-21-42(34)50/h1-29H. The Balaban J connectivity index is 1.06. The average molecular weight is 677 g/mol. The van der Waals surface area contributed by atoms with Crippen molar-refractivity contribution in [1.29, 1.82) is 0 Å². The fourth-order valence-electron chi connectivity index (χ4n) is 8.94. The van der Waals surface area contributed by atoms with Gasteiger partial charge in [0.25, 0.3) is 0 Å². The Hall–Kier alpha value is -6.98. The van der Waals surface area contributed by atoms with Gasteiger partial charge >= 0.3 is 6.92 Å². The molecule has 8 aromatic carbocycles.